The number of carbonyl (C=O) groups excluding carboxylic acids is 1. The second-order valence-electron chi connectivity index (χ2n) is 5.66. The van der Waals surface area contributed by atoms with Gasteiger partial charge in [0.05, 0.1) is 17.6 Å². The van der Waals surface area contributed by atoms with E-state index in [2.05, 4.69) is 33.4 Å². The lowest BCUT2D eigenvalue weighted by atomic mass is 10.2. The number of rotatable bonds is 6. The van der Waals surface area contributed by atoms with Crippen LogP contribution >= 0.6 is 39.5 Å². The summed E-state index contributed by atoms with van der Waals surface area (Å²) in [5.74, 6) is 3.15. The number of ether oxygens (including phenoxy) is 1. The van der Waals surface area contributed by atoms with Crippen LogP contribution in [0.15, 0.2) is 53.0 Å². The highest BCUT2D eigenvalue weighted by Crippen LogP contribution is 2.44. The van der Waals surface area contributed by atoms with E-state index in [1.54, 1.807) is 0 Å². The van der Waals surface area contributed by atoms with E-state index in [1.165, 1.54) is 23.5 Å². The molecule has 0 saturated carbocycles. The fourth-order valence-corrected chi connectivity index (χ4v) is 5.74. The lowest BCUT2D eigenvalue weighted by Crippen LogP contribution is -2.15. The van der Waals surface area contributed by atoms with Crippen molar-refractivity contribution in [3.8, 4) is 5.75 Å². The van der Waals surface area contributed by atoms with Crippen molar-refractivity contribution in [1.29, 1.82) is 0 Å². The number of anilines is 1. The highest BCUT2D eigenvalue weighted by Gasteiger charge is 2.17. The maximum absolute atomic E-state index is 12.1. The molecule has 1 saturated heterocycles. The average molecular weight is 438 g/mol. The number of benzene rings is 2. The highest BCUT2D eigenvalue weighted by atomic mass is 79.9. The first kappa shape index (κ1) is 18.7. The van der Waals surface area contributed by atoms with Crippen LogP contribution in [0.3, 0.4) is 0 Å². The molecule has 2 aromatic carbocycles. The predicted octanol–water partition coefficient (Wildman–Crippen LogP) is 5.73. The second kappa shape index (κ2) is 9.55. The van der Waals surface area contributed by atoms with Crippen LogP contribution < -0.4 is 10.1 Å². The standard InChI is InChI=1S/C19H20BrNO2S2/c20-15-5-2-7-17(13-15)23-9-8-18(22)21-16-6-1-4-14(12-16)19-24-10-3-11-25-19/h1-2,4-7,12-13,19H,3,8-11H2,(H,21,22). The first-order valence-electron chi connectivity index (χ1n) is 8.22. The van der Waals surface area contributed by atoms with Crippen LogP contribution in [0.25, 0.3) is 0 Å². The molecule has 3 nitrogen and oxygen atoms in total. The minimum atomic E-state index is -0.0314. The van der Waals surface area contributed by atoms with Gasteiger partial charge in [-0.15, -0.1) is 23.5 Å². The molecule has 0 aliphatic carbocycles. The summed E-state index contributed by atoms with van der Waals surface area (Å²) in [5.41, 5.74) is 2.13. The summed E-state index contributed by atoms with van der Waals surface area (Å²) < 4.78 is 7.06. The first-order valence-corrected chi connectivity index (χ1v) is 11.1. The quantitative estimate of drug-likeness (QED) is 0.626. The Kier molecular flexibility index (Phi) is 7.13. The molecular weight excluding hydrogens is 418 g/mol. The van der Waals surface area contributed by atoms with Crippen LogP contribution in [0, 0.1) is 0 Å². The highest BCUT2D eigenvalue weighted by molar-refractivity contribution is 9.10. The van der Waals surface area contributed by atoms with Gasteiger partial charge in [0, 0.05) is 10.2 Å². The zero-order valence-electron chi connectivity index (χ0n) is 13.7. The smallest absolute Gasteiger partial charge is 0.227 e. The van der Waals surface area contributed by atoms with Crippen LogP contribution in [0.1, 0.15) is 23.0 Å². The third-order valence-electron chi connectivity index (χ3n) is 3.66. The van der Waals surface area contributed by atoms with Gasteiger partial charge >= 0.3 is 0 Å². The third kappa shape index (κ3) is 5.97. The summed E-state index contributed by atoms with van der Waals surface area (Å²) in [6.07, 6.45) is 1.60. The molecule has 0 aromatic heterocycles. The Morgan fingerprint density at radius 2 is 1.96 bits per heavy atom. The summed E-state index contributed by atoms with van der Waals surface area (Å²) in [6.45, 7) is 0.357. The molecule has 1 aliphatic heterocycles. The van der Waals surface area contributed by atoms with Crippen molar-refractivity contribution in [2.45, 2.75) is 17.4 Å². The summed E-state index contributed by atoms with van der Waals surface area (Å²) in [4.78, 5) is 12.1. The van der Waals surface area contributed by atoms with E-state index in [0.717, 1.165) is 15.9 Å². The van der Waals surface area contributed by atoms with Gasteiger partial charge in [0.15, 0.2) is 0 Å². The number of thioether (sulfide) groups is 2. The molecule has 1 heterocycles. The van der Waals surface area contributed by atoms with Crippen molar-refractivity contribution in [2.24, 2.45) is 0 Å². The summed E-state index contributed by atoms with van der Waals surface area (Å²) >= 11 is 7.37. The fraction of sp³-hybridized carbons (Fsp3) is 0.316. The lowest BCUT2D eigenvalue weighted by molar-refractivity contribution is -0.116. The van der Waals surface area contributed by atoms with Crippen LogP contribution in [-0.4, -0.2) is 24.0 Å². The summed E-state index contributed by atoms with van der Waals surface area (Å²) in [5, 5.41) is 2.97. The molecule has 0 atom stereocenters. The topological polar surface area (TPSA) is 38.3 Å². The van der Waals surface area contributed by atoms with Crippen molar-refractivity contribution in [2.75, 3.05) is 23.4 Å². The van der Waals surface area contributed by atoms with Gasteiger partial charge in [-0.25, -0.2) is 0 Å². The van der Waals surface area contributed by atoms with E-state index in [4.69, 9.17) is 4.74 Å². The SMILES string of the molecule is O=C(CCOc1cccc(Br)c1)Nc1cccc(C2SCCCS2)c1. The van der Waals surface area contributed by atoms with Crippen molar-refractivity contribution in [3.05, 3.63) is 58.6 Å². The molecule has 132 valence electrons. The van der Waals surface area contributed by atoms with Gasteiger partial charge in [0.25, 0.3) is 0 Å². The number of carbonyl (C=O) groups is 1. The van der Waals surface area contributed by atoms with E-state index < -0.39 is 0 Å². The largest absolute Gasteiger partial charge is 0.493 e. The van der Waals surface area contributed by atoms with Crippen molar-refractivity contribution in [1.82, 2.24) is 0 Å². The zero-order chi connectivity index (χ0) is 17.5. The number of hydrogen-bond acceptors (Lipinski definition) is 4. The second-order valence-corrected chi connectivity index (χ2v) is 9.30. The fourth-order valence-electron chi connectivity index (χ4n) is 2.49. The Bertz CT molecular complexity index is 720. The van der Waals surface area contributed by atoms with Crippen LogP contribution in [0.2, 0.25) is 0 Å². The van der Waals surface area contributed by atoms with E-state index in [1.807, 2.05) is 59.9 Å². The van der Waals surface area contributed by atoms with Gasteiger partial charge in [0.2, 0.25) is 5.91 Å². The molecule has 3 rings (SSSR count). The Balaban J connectivity index is 1.49. The molecule has 0 bridgehead atoms. The van der Waals surface area contributed by atoms with E-state index in [9.17, 15) is 4.79 Å². The number of halogens is 1. The molecule has 1 N–H and O–H groups in total. The Labute approximate surface area is 165 Å². The molecular formula is C19H20BrNO2S2. The lowest BCUT2D eigenvalue weighted by Gasteiger charge is -2.21. The van der Waals surface area contributed by atoms with Crippen molar-refractivity contribution < 1.29 is 9.53 Å². The summed E-state index contributed by atoms with van der Waals surface area (Å²) in [7, 11) is 0. The molecule has 1 amide bonds. The van der Waals surface area contributed by atoms with Gasteiger partial charge < -0.3 is 10.1 Å². The average Bonchev–Trinajstić information content (AvgIpc) is 2.63. The minimum Gasteiger partial charge on any atom is -0.493 e. The maximum Gasteiger partial charge on any atom is 0.227 e. The van der Waals surface area contributed by atoms with Crippen LogP contribution in [0.5, 0.6) is 5.75 Å². The molecule has 0 spiro atoms. The van der Waals surface area contributed by atoms with Gasteiger partial charge in [-0.2, -0.15) is 0 Å². The van der Waals surface area contributed by atoms with Gasteiger partial charge in [0.1, 0.15) is 5.75 Å². The Hall–Kier alpha value is -1.11. The predicted molar refractivity (Wildman–Crippen MR) is 112 cm³/mol. The summed E-state index contributed by atoms with van der Waals surface area (Å²) in [6, 6.07) is 15.8. The van der Waals surface area contributed by atoms with Gasteiger partial charge in [-0.05, 0) is 53.8 Å². The number of nitrogens with one attached hydrogen (secondary N) is 1. The first-order chi connectivity index (χ1) is 12.2. The Morgan fingerprint density at radius 1 is 1.16 bits per heavy atom. The van der Waals surface area contributed by atoms with Crippen molar-refractivity contribution >= 4 is 51.0 Å². The Morgan fingerprint density at radius 3 is 2.76 bits per heavy atom. The zero-order valence-corrected chi connectivity index (χ0v) is 17.0. The molecule has 1 fully saturated rings. The normalized spacial score (nSPS) is 14.9. The monoisotopic (exact) mass is 437 g/mol. The molecule has 0 unspecified atom stereocenters. The van der Waals surface area contributed by atoms with E-state index in [-0.39, 0.29) is 5.91 Å². The maximum atomic E-state index is 12.1. The molecule has 6 heteroatoms. The van der Waals surface area contributed by atoms with Crippen LogP contribution in [-0.2, 0) is 4.79 Å². The van der Waals surface area contributed by atoms with Crippen molar-refractivity contribution in [3.63, 3.8) is 0 Å². The number of hydrogen-bond donors (Lipinski definition) is 1. The van der Waals surface area contributed by atoms with Gasteiger partial charge in [-0.3, -0.25) is 4.79 Å². The van der Waals surface area contributed by atoms with E-state index in [0.29, 0.717) is 17.6 Å². The molecule has 1 aliphatic rings. The van der Waals surface area contributed by atoms with Crippen LogP contribution in [0.4, 0.5) is 5.69 Å². The van der Waals surface area contributed by atoms with E-state index >= 15 is 0 Å². The minimum absolute atomic E-state index is 0.0314. The number of amides is 1. The third-order valence-corrected chi connectivity index (χ3v) is 7.17. The molecule has 2 aromatic rings. The molecule has 0 radical (unpaired) electrons. The molecule has 25 heavy (non-hydrogen) atoms. The van der Waals surface area contributed by atoms with Gasteiger partial charge in [-0.1, -0.05) is 34.1 Å².